The lowest BCUT2D eigenvalue weighted by molar-refractivity contribution is -0.137. The zero-order valence-corrected chi connectivity index (χ0v) is 13.9. The quantitative estimate of drug-likeness (QED) is 0.789. The molecular weight excluding hydrogens is 294 g/mol. The molecule has 8 heteroatoms. The van der Waals surface area contributed by atoms with E-state index < -0.39 is 16.0 Å². The Hall–Kier alpha value is -1.41. The molecule has 0 fully saturated rings. The fourth-order valence-corrected chi connectivity index (χ4v) is 3.49. The second kappa shape index (κ2) is 6.15. The number of hydrogen-bond acceptors (Lipinski definition) is 4. The van der Waals surface area contributed by atoms with Gasteiger partial charge in [-0.05, 0) is 25.7 Å². The highest BCUT2D eigenvalue weighted by atomic mass is 32.2. The van der Waals surface area contributed by atoms with Crippen LogP contribution in [0.2, 0.25) is 0 Å². The van der Waals surface area contributed by atoms with Gasteiger partial charge in [-0.1, -0.05) is 20.8 Å². The second-order valence-electron chi connectivity index (χ2n) is 5.89. The minimum absolute atomic E-state index is 0.0654. The molecule has 0 amide bonds. The fraction of sp³-hybridized carbons (Fsp3) is 0.692. The minimum Gasteiger partial charge on any atom is -0.480 e. The Balaban J connectivity index is 3.09. The van der Waals surface area contributed by atoms with Crippen LogP contribution in [-0.4, -0.2) is 35.8 Å². The summed E-state index contributed by atoms with van der Waals surface area (Å²) in [6.07, 6.45) is 0.839. The molecule has 1 aromatic heterocycles. The maximum absolute atomic E-state index is 12.4. The van der Waals surface area contributed by atoms with Gasteiger partial charge < -0.3 is 5.11 Å². The van der Waals surface area contributed by atoms with Crippen LogP contribution >= 0.6 is 0 Å². The molecule has 0 radical (unpaired) electrons. The fourth-order valence-electron chi connectivity index (χ4n) is 1.84. The number of nitrogens with one attached hydrogen (secondary N) is 1. The van der Waals surface area contributed by atoms with E-state index in [1.165, 1.54) is 4.68 Å². The van der Waals surface area contributed by atoms with Gasteiger partial charge in [0.25, 0.3) is 0 Å². The van der Waals surface area contributed by atoms with Crippen molar-refractivity contribution in [2.45, 2.75) is 52.5 Å². The molecule has 0 saturated carbocycles. The maximum Gasteiger partial charge on any atom is 0.325 e. The summed E-state index contributed by atoms with van der Waals surface area (Å²) in [5, 5.41) is 12.8. The monoisotopic (exact) mass is 317 g/mol. The summed E-state index contributed by atoms with van der Waals surface area (Å²) in [6, 6.07) is 0. The van der Waals surface area contributed by atoms with Gasteiger partial charge in [-0.2, -0.15) is 5.10 Å². The van der Waals surface area contributed by atoms with E-state index in [0.717, 1.165) is 6.42 Å². The Morgan fingerprint density at radius 1 is 1.38 bits per heavy atom. The molecular formula is C13H23N3O4S. The lowest BCUT2D eigenvalue weighted by Gasteiger charge is -2.22. The average Bonchev–Trinajstić information content (AvgIpc) is 2.62. The van der Waals surface area contributed by atoms with Gasteiger partial charge in [-0.15, -0.1) is 0 Å². The molecule has 0 atom stereocenters. The molecule has 0 bridgehead atoms. The van der Waals surface area contributed by atoms with Crippen LogP contribution in [0, 0.1) is 19.3 Å². The Kier molecular flexibility index (Phi) is 5.16. The van der Waals surface area contributed by atoms with Crippen LogP contribution in [0.4, 0.5) is 0 Å². The molecule has 21 heavy (non-hydrogen) atoms. The van der Waals surface area contributed by atoms with Crippen molar-refractivity contribution in [1.82, 2.24) is 14.5 Å². The van der Waals surface area contributed by atoms with E-state index in [1.54, 1.807) is 13.8 Å². The third kappa shape index (κ3) is 4.28. The van der Waals surface area contributed by atoms with E-state index in [1.807, 2.05) is 20.8 Å². The highest BCUT2D eigenvalue weighted by Crippen LogP contribution is 2.22. The zero-order chi connectivity index (χ0) is 16.4. The standard InChI is InChI=1S/C13H23N3O4S/c1-6-13(4,5)8-14-21(19,20)12-9(2)15-16(10(12)3)7-11(17)18/h14H,6-8H2,1-5H3,(H,17,18). The van der Waals surface area contributed by atoms with Crippen molar-refractivity contribution in [2.24, 2.45) is 5.41 Å². The van der Waals surface area contributed by atoms with Crippen LogP contribution in [0.25, 0.3) is 0 Å². The number of nitrogens with zero attached hydrogens (tertiary/aromatic N) is 2. The van der Waals surface area contributed by atoms with Gasteiger partial charge in [0, 0.05) is 6.54 Å². The predicted molar refractivity (Wildman–Crippen MR) is 78.6 cm³/mol. The van der Waals surface area contributed by atoms with Crippen molar-refractivity contribution in [3.8, 4) is 0 Å². The Morgan fingerprint density at radius 2 is 1.95 bits per heavy atom. The number of aryl methyl sites for hydroxylation is 1. The molecule has 7 nitrogen and oxygen atoms in total. The van der Waals surface area contributed by atoms with Crippen molar-refractivity contribution in [1.29, 1.82) is 0 Å². The molecule has 0 spiro atoms. The highest BCUT2D eigenvalue weighted by molar-refractivity contribution is 7.89. The highest BCUT2D eigenvalue weighted by Gasteiger charge is 2.27. The van der Waals surface area contributed by atoms with Crippen LogP contribution in [0.15, 0.2) is 4.90 Å². The minimum atomic E-state index is -3.71. The number of carboxylic acids is 1. The van der Waals surface area contributed by atoms with Crippen molar-refractivity contribution >= 4 is 16.0 Å². The Bertz CT molecular complexity index is 632. The lowest BCUT2D eigenvalue weighted by atomic mass is 9.91. The van der Waals surface area contributed by atoms with Crippen molar-refractivity contribution < 1.29 is 18.3 Å². The van der Waals surface area contributed by atoms with Gasteiger partial charge in [0.1, 0.15) is 11.4 Å². The molecule has 0 aliphatic rings. The number of carbonyl (C=O) groups is 1. The van der Waals surface area contributed by atoms with Crippen LogP contribution in [0.3, 0.4) is 0 Å². The molecule has 1 rings (SSSR count). The molecule has 1 heterocycles. The van der Waals surface area contributed by atoms with Gasteiger partial charge in [-0.3, -0.25) is 9.48 Å². The summed E-state index contributed by atoms with van der Waals surface area (Å²) in [4.78, 5) is 10.8. The van der Waals surface area contributed by atoms with E-state index in [9.17, 15) is 13.2 Å². The first-order chi connectivity index (χ1) is 9.50. The summed E-state index contributed by atoms with van der Waals surface area (Å²) in [5.41, 5.74) is 0.485. The molecule has 1 aromatic rings. The van der Waals surface area contributed by atoms with Crippen LogP contribution in [0.5, 0.6) is 0 Å². The van der Waals surface area contributed by atoms with Gasteiger partial charge >= 0.3 is 5.97 Å². The number of carboxylic acid groups (broad SMARTS) is 1. The number of aromatic nitrogens is 2. The number of aliphatic carboxylic acids is 1. The Morgan fingerprint density at radius 3 is 2.43 bits per heavy atom. The molecule has 0 saturated heterocycles. The molecule has 2 N–H and O–H groups in total. The molecule has 0 aliphatic heterocycles. The molecule has 0 aliphatic carbocycles. The smallest absolute Gasteiger partial charge is 0.325 e. The van der Waals surface area contributed by atoms with Crippen LogP contribution in [-0.2, 0) is 21.4 Å². The van der Waals surface area contributed by atoms with Gasteiger partial charge in [0.2, 0.25) is 10.0 Å². The molecule has 120 valence electrons. The van der Waals surface area contributed by atoms with Gasteiger partial charge in [0.05, 0.1) is 11.4 Å². The summed E-state index contributed by atoms with van der Waals surface area (Å²) >= 11 is 0. The van der Waals surface area contributed by atoms with Crippen molar-refractivity contribution in [3.63, 3.8) is 0 Å². The predicted octanol–water partition coefficient (Wildman–Crippen LogP) is 1.30. The first-order valence-corrected chi connectivity index (χ1v) is 8.24. The molecule has 0 unspecified atom stereocenters. The molecule has 0 aromatic carbocycles. The average molecular weight is 317 g/mol. The summed E-state index contributed by atoms with van der Waals surface area (Å²) in [7, 11) is -3.71. The summed E-state index contributed by atoms with van der Waals surface area (Å²) in [6.45, 7) is 9.02. The summed E-state index contributed by atoms with van der Waals surface area (Å²) < 4.78 is 28.6. The Labute approximate surface area is 125 Å². The SMILES string of the molecule is CCC(C)(C)CNS(=O)(=O)c1c(C)nn(CC(=O)O)c1C. The number of sulfonamides is 1. The first-order valence-electron chi connectivity index (χ1n) is 6.75. The van der Waals surface area contributed by atoms with E-state index in [0.29, 0.717) is 17.9 Å². The first kappa shape index (κ1) is 17.6. The van der Waals surface area contributed by atoms with E-state index in [2.05, 4.69) is 9.82 Å². The van der Waals surface area contributed by atoms with Crippen LogP contribution < -0.4 is 4.72 Å². The van der Waals surface area contributed by atoms with Crippen molar-refractivity contribution in [3.05, 3.63) is 11.4 Å². The lowest BCUT2D eigenvalue weighted by Crippen LogP contribution is -2.34. The van der Waals surface area contributed by atoms with E-state index in [-0.39, 0.29) is 16.9 Å². The van der Waals surface area contributed by atoms with E-state index in [4.69, 9.17) is 5.11 Å². The van der Waals surface area contributed by atoms with Gasteiger partial charge in [-0.25, -0.2) is 13.1 Å². The maximum atomic E-state index is 12.4. The van der Waals surface area contributed by atoms with Crippen molar-refractivity contribution in [2.75, 3.05) is 6.54 Å². The second-order valence-corrected chi connectivity index (χ2v) is 7.60. The normalized spacial score (nSPS) is 12.6. The topological polar surface area (TPSA) is 101 Å². The zero-order valence-electron chi connectivity index (χ0n) is 13.1. The number of rotatable bonds is 7. The third-order valence-electron chi connectivity index (χ3n) is 3.57. The van der Waals surface area contributed by atoms with E-state index >= 15 is 0 Å². The third-order valence-corrected chi connectivity index (χ3v) is 5.22. The number of hydrogen-bond donors (Lipinski definition) is 2. The summed E-state index contributed by atoms with van der Waals surface area (Å²) in [5.74, 6) is -1.07. The largest absolute Gasteiger partial charge is 0.480 e. The van der Waals surface area contributed by atoms with Crippen LogP contribution in [0.1, 0.15) is 38.6 Å². The van der Waals surface area contributed by atoms with Gasteiger partial charge in [0.15, 0.2) is 0 Å².